The van der Waals surface area contributed by atoms with Crippen LogP contribution in [0.1, 0.15) is 27.7 Å². The lowest BCUT2D eigenvalue weighted by Gasteiger charge is -2.28. The van der Waals surface area contributed by atoms with Crippen LogP contribution in [0, 0.1) is 11.3 Å². The molecule has 0 aromatic heterocycles. The zero-order valence-corrected chi connectivity index (χ0v) is 7.46. The van der Waals surface area contributed by atoms with Crippen LogP contribution in [0.3, 0.4) is 0 Å². The van der Waals surface area contributed by atoms with Gasteiger partial charge in [-0.25, -0.2) is 0 Å². The van der Waals surface area contributed by atoms with Gasteiger partial charge >= 0.3 is 5.97 Å². The molecule has 0 aromatic carbocycles. The monoisotopic (exact) mass is 160 g/mol. The summed E-state index contributed by atoms with van der Waals surface area (Å²) in [5.41, 5.74) is -0.363. The Morgan fingerprint density at radius 3 is 1.82 bits per heavy atom. The summed E-state index contributed by atoms with van der Waals surface area (Å²) in [5, 5.41) is 18.0. The highest BCUT2D eigenvalue weighted by molar-refractivity contribution is 5.70. The van der Waals surface area contributed by atoms with Crippen molar-refractivity contribution < 1.29 is 15.0 Å². The van der Waals surface area contributed by atoms with Gasteiger partial charge in [-0.3, -0.25) is 4.79 Å². The second kappa shape index (κ2) is 3.22. The number of carbonyl (C=O) groups is 1. The summed E-state index contributed by atoms with van der Waals surface area (Å²) in [4.78, 5) is 10.4. The third-order valence-corrected chi connectivity index (χ3v) is 1.75. The topological polar surface area (TPSA) is 57.5 Å². The van der Waals surface area contributed by atoms with E-state index in [1.165, 1.54) is 6.92 Å². The van der Waals surface area contributed by atoms with Crippen LogP contribution in [0.25, 0.3) is 0 Å². The minimum atomic E-state index is -0.951. The number of hydrogen-bond acceptors (Lipinski definition) is 2. The molecular formula is C8H16O3. The molecule has 66 valence electrons. The highest BCUT2D eigenvalue weighted by atomic mass is 16.4. The van der Waals surface area contributed by atoms with E-state index < -0.39 is 18.0 Å². The van der Waals surface area contributed by atoms with E-state index in [0.717, 1.165) is 0 Å². The molecule has 0 heterocycles. The summed E-state index contributed by atoms with van der Waals surface area (Å²) in [6.07, 6.45) is -0.792. The summed E-state index contributed by atoms with van der Waals surface area (Å²) < 4.78 is 0. The van der Waals surface area contributed by atoms with Crippen LogP contribution < -0.4 is 0 Å². The first kappa shape index (κ1) is 10.4. The van der Waals surface area contributed by atoms with E-state index in [4.69, 9.17) is 5.11 Å². The summed E-state index contributed by atoms with van der Waals surface area (Å²) in [6.45, 7) is 6.96. The van der Waals surface area contributed by atoms with Crippen LogP contribution in [0.5, 0.6) is 0 Å². The molecular weight excluding hydrogens is 144 g/mol. The summed E-state index contributed by atoms with van der Waals surface area (Å²) in [6, 6.07) is 0. The van der Waals surface area contributed by atoms with Gasteiger partial charge in [-0.05, 0) is 12.3 Å². The first-order valence-electron chi connectivity index (χ1n) is 3.67. The van der Waals surface area contributed by atoms with Crippen LogP contribution in [0.4, 0.5) is 0 Å². The van der Waals surface area contributed by atoms with Crippen LogP contribution >= 0.6 is 0 Å². The predicted octanol–water partition coefficient (Wildman–Crippen LogP) is 1.11. The number of hydrogen-bond donors (Lipinski definition) is 2. The van der Waals surface area contributed by atoms with E-state index in [2.05, 4.69) is 0 Å². The lowest BCUT2D eigenvalue weighted by Crippen LogP contribution is -2.36. The maximum Gasteiger partial charge on any atom is 0.308 e. The van der Waals surface area contributed by atoms with Crippen molar-refractivity contribution in [2.45, 2.75) is 33.8 Å². The molecule has 0 spiro atoms. The lowest BCUT2D eigenvalue weighted by molar-refractivity contribution is -0.147. The van der Waals surface area contributed by atoms with Crippen molar-refractivity contribution >= 4 is 5.97 Å². The maximum atomic E-state index is 10.4. The van der Waals surface area contributed by atoms with Gasteiger partial charge in [-0.15, -0.1) is 0 Å². The van der Waals surface area contributed by atoms with Gasteiger partial charge < -0.3 is 10.2 Å². The van der Waals surface area contributed by atoms with E-state index in [1.54, 1.807) is 0 Å². The van der Waals surface area contributed by atoms with Crippen molar-refractivity contribution in [3.8, 4) is 0 Å². The van der Waals surface area contributed by atoms with Gasteiger partial charge in [0.25, 0.3) is 0 Å². The second-order valence-electron chi connectivity index (χ2n) is 3.94. The van der Waals surface area contributed by atoms with Crippen molar-refractivity contribution in [3.05, 3.63) is 0 Å². The normalized spacial score (nSPS) is 17.5. The Morgan fingerprint density at radius 2 is 1.73 bits per heavy atom. The Bertz CT molecular complexity index is 146. The number of aliphatic carboxylic acids is 1. The van der Waals surface area contributed by atoms with Crippen LogP contribution in [-0.4, -0.2) is 22.3 Å². The van der Waals surface area contributed by atoms with E-state index in [9.17, 15) is 9.90 Å². The number of aliphatic hydroxyl groups excluding tert-OH is 1. The molecule has 3 nitrogen and oxygen atoms in total. The summed E-state index contributed by atoms with van der Waals surface area (Å²) in [7, 11) is 0. The second-order valence-corrected chi connectivity index (χ2v) is 3.94. The third kappa shape index (κ3) is 2.89. The molecule has 2 N–H and O–H groups in total. The molecule has 0 amide bonds. The Balaban J connectivity index is 4.25. The number of rotatable bonds is 2. The van der Waals surface area contributed by atoms with Crippen molar-refractivity contribution in [1.82, 2.24) is 0 Å². The van der Waals surface area contributed by atoms with Crippen LogP contribution in [0.15, 0.2) is 0 Å². The summed E-state index contributed by atoms with van der Waals surface area (Å²) >= 11 is 0. The maximum absolute atomic E-state index is 10.4. The minimum Gasteiger partial charge on any atom is -0.481 e. The Hall–Kier alpha value is -0.570. The SMILES string of the molecule is C[C@@H](C(=O)O)[C@@H](O)C(C)(C)C. The summed E-state index contributed by atoms with van der Waals surface area (Å²) in [5.74, 6) is -1.65. The van der Waals surface area contributed by atoms with Gasteiger partial charge in [0.15, 0.2) is 0 Å². The van der Waals surface area contributed by atoms with E-state index in [0.29, 0.717) is 0 Å². The number of carboxylic acid groups (broad SMARTS) is 1. The molecule has 0 saturated carbocycles. The van der Waals surface area contributed by atoms with Crippen molar-refractivity contribution in [1.29, 1.82) is 0 Å². The number of aliphatic hydroxyl groups is 1. The van der Waals surface area contributed by atoms with Crippen LogP contribution in [-0.2, 0) is 4.79 Å². The minimum absolute atomic E-state index is 0.363. The zero-order chi connectivity index (χ0) is 9.23. The fourth-order valence-corrected chi connectivity index (χ4v) is 0.885. The fraction of sp³-hybridized carbons (Fsp3) is 0.875. The highest BCUT2D eigenvalue weighted by Gasteiger charge is 2.31. The molecule has 0 saturated heterocycles. The molecule has 0 aliphatic carbocycles. The van der Waals surface area contributed by atoms with Crippen molar-refractivity contribution in [2.75, 3.05) is 0 Å². The molecule has 11 heavy (non-hydrogen) atoms. The van der Waals surface area contributed by atoms with Gasteiger partial charge in [0.1, 0.15) is 0 Å². The third-order valence-electron chi connectivity index (χ3n) is 1.75. The smallest absolute Gasteiger partial charge is 0.308 e. The van der Waals surface area contributed by atoms with E-state index >= 15 is 0 Å². The largest absolute Gasteiger partial charge is 0.481 e. The molecule has 0 aliphatic rings. The lowest BCUT2D eigenvalue weighted by atomic mass is 9.82. The van der Waals surface area contributed by atoms with Crippen molar-refractivity contribution in [3.63, 3.8) is 0 Å². The molecule has 0 rings (SSSR count). The van der Waals surface area contributed by atoms with Gasteiger partial charge in [0.05, 0.1) is 12.0 Å². The number of carboxylic acids is 1. The Kier molecular flexibility index (Phi) is 3.05. The van der Waals surface area contributed by atoms with Crippen LogP contribution in [0.2, 0.25) is 0 Å². The molecule has 2 atom stereocenters. The molecule has 0 aromatic rings. The molecule has 3 heteroatoms. The average molecular weight is 160 g/mol. The van der Waals surface area contributed by atoms with Gasteiger partial charge in [0.2, 0.25) is 0 Å². The molecule has 0 bridgehead atoms. The Labute approximate surface area is 67.0 Å². The van der Waals surface area contributed by atoms with Gasteiger partial charge in [0, 0.05) is 0 Å². The first-order chi connectivity index (χ1) is 4.76. The van der Waals surface area contributed by atoms with E-state index in [1.807, 2.05) is 20.8 Å². The Morgan fingerprint density at radius 1 is 1.36 bits per heavy atom. The quantitative estimate of drug-likeness (QED) is 0.636. The fourth-order valence-electron chi connectivity index (χ4n) is 0.885. The van der Waals surface area contributed by atoms with Gasteiger partial charge in [-0.2, -0.15) is 0 Å². The van der Waals surface area contributed by atoms with E-state index in [-0.39, 0.29) is 5.41 Å². The molecule has 0 fully saturated rings. The van der Waals surface area contributed by atoms with Crippen molar-refractivity contribution in [2.24, 2.45) is 11.3 Å². The predicted molar refractivity (Wildman–Crippen MR) is 42.3 cm³/mol. The molecule has 0 aliphatic heterocycles. The standard InChI is InChI=1S/C8H16O3/c1-5(7(10)11)6(9)8(2,3)4/h5-6,9H,1-4H3,(H,10,11)/t5-,6-/m1/s1. The van der Waals surface area contributed by atoms with Gasteiger partial charge in [-0.1, -0.05) is 20.8 Å². The zero-order valence-electron chi connectivity index (χ0n) is 7.46. The molecule has 0 unspecified atom stereocenters. The first-order valence-corrected chi connectivity index (χ1v) is 3.67. The average Bonchev–Trinajstić information content (AvgIpc) is 1.82. The highest BCUT2D eigenvalue weighted by Crippen LogP contribution is 2.24. The molecule has 0 radical (unpaired) electrons.